The van der Waals surface area contributed by atoms with Crippen molar-refractivity contribution in [2.45, 2.75) is 19.8 Å². The lowest BCUT2D eigenvalue weighted by Gasteiger charge is -2.11. The van der Waals surface area contributed by atoms with E-state index in [1.165, 1.54) is 30.3 Å². The second-order valence-corrected chi connectivity index (χ2v) is 6.02. The molecule has 0 aliphatic carbocycles. The standard InChI is InChI=1S/C22H22N2O5/c1-3-15-20(21(26)22(23)27)19-16(24(15)12-14-8-5-4-6-9-14)10-7-11-17(19)29-13-18(25)28-2/h4-11H,3,12-13H2,1-2H3,(H2,23,27)/i1D3,12D2. The van der Waals surface area contributed by atoms with Crippen LogP contribution in [0.15, 0.2) is 48.5 Å². The SMILES string of the molecule is [2H]C([2H])([2H])Cc1c(C(=O)C(N)=O)c2c(OCC(=O)OC)cccc2n1C([2H])([2H])c1ccccc1. The van der Waals surface area contributed by atoms with Gasteiger partial charge in [-0.3, -0.25) is 9.59 Å². The Kier molecular flexibility index (Phi) is 4.27. The number of ether oxygens (including phenoxy) is 2. The number of methoxy groups -OCH3 is 1. The molecule has 2 aromatic carbocycles. The summed E-state index contributed by atoms with van der Waals surface area (Å²) >= 11 is 0. The van der Waals surface area contributed by atoms with Gasteiger partial charge in [0.05, 0.1) is 26.3 Å². The van der Waals surface area contributed by atoms with Crippen molar-refractivity contribution >= 4 is 28.6 Å². The van der Waals surface area contributed by atoms with Crippen molar-refractivity contribution < 1.29 is 30.7 Å². The van der Waals surface area contributed by atoms with E-state index < -0.39 is 44.0 Å². The minimum absolute atomic E-state index is 0.0331. The fourth-order valence-electron chi connectivity index (χ4n) is 2.98. The molecule has 0 fully saturated rings. The second-order valence-electron chi connectivity index (χ2n) is 6.02. The number of fused-ring (bicyclic) bond motifs is 1. The Labute approximate surface area is 175 Å². The molecule has 1 amide bonds. The van der Waals surface area contributed by atoms with E-state index in [1.54, 1.807) is 18.2 Å². The van der Waals surface area contributed by atoms with Gasteiger partial charge in [-0.2, -0.15) is 0 Å². The quantitative estimate of drug-likeness (QED) is 0.356. The number of ketones is 1. The molecule has 2 N–H and O–H groups in total. The Morgan fingerprint density at radius 3 is 2.55 bits per heavy atom. The van der Waals surface area contributed by atoms with Crippen molar-refractivity contribution in [3.05, 3.63) is 65.4 Å². The molecule has 0 saturated heterocycles. The summed E-state index contributed by atoms with van der Waals surface area (Å²) in [7, 11) is 1.16. The zero-order chi connectivity index (χ0) is 25.3. The molecule has 7 heteroatoms. The fraction of sp³-hybridized carbons (Fsp3) is 0.227. The van der Waals surface area contributed by atoms with E-state index in [1.807, 2.05) is 0 Å². The first-order chi connectivity index (χ1) is 15.9. The first-order valence-corrected chi connectivity index (χ1v) is 8.64. The number of nitrogens with zero attached hydrogens (tertiary/aromatic N) is 1. The van der Waals surface area contributed by atoms with Crippen LogP contribution in [0.25, 0.3) is 10.9 Å². The zero-order valence-electron chi connectivity index (χ0n) is 20.6. The van der Waals surface area contributed by atoms with Crippen molar-refractivity contribution in [1.82, 2.24) is 4.57 Å². The van der Waals surface area contributed by atoms with Gasteiger partial charge >= 0.3 is 5.97 Å². The van der Waals surface area contributed by atoms with Crippen LogP contribution in [0.4, 0.5) is 0 Å². The molecule has 0 atom stereocenters. The summed E-state index contributed by atoms with van der Waals surface area (Å²) in [6.45, 7) is -5.50. The number of amides is 1. The highest BCUT2D eigenvalue weighted by molar-refractivity contribution is 6.45. The lowest BCUT2D eigenvalue weighted by molar-refractivity contribution is -0.142. The predicted molar refractivity (Wildman–Crippen MR) is 108 cm³/mol. The molecule has 3 aromatic rings. The molecule has 3 rings (SSSR count). The van der Waals surface area contributed by atoms with Crippen LogP contribution in [0.2, 0.25) is 0 Å². The molecule has 0 spiro atoms. The molecular weight excluding hydrogens is 372 g/mol. The number of hydrogen-bond acceptors (Lipinski definition) is 5. The second kappa shape index (κ2) is 8.60. The van der Waals surface area contributed by atoms with Crippen LogP contribution >= 0.6 is 0 Å². The summed E-state index contributed by atoms with van der Waals surface area (Å²) in [6, 6.07) is 12.3. The molecule has 0 bridgehead atoms. The van der Waals surface area contributed by atoms with Crippen LogP contribution in [0.3, 0.4) is 0 Å². The maximum Gasteiger partial charge on any atom is 0.343 e. The van der Waals surface area contributed by atoms with E-state index in [0.29, 0.717) is 0 Å². The van der Waals surface area contributed by atoms with Crippen molar-refractivity contribution in [2.24, 2.45) is 5.73 Å². The summed E-state index contributed by atoms with van der Waals surface area (Å²) in [6.07, 6.45) is -0.737. The van der Waals surface area contributed by atoms with E-state index in [4.69, 9.17) is 17.3 Å². The van der Waals surface area contributed by atoms with Crippen molar-refractivity contribution in [1.29, 1.82) is 0 Å². The number of nitrogens with two attached hydrogens (primary N) is 1. The lowest BCUT2D eigenvalue weighted by Crippen LogP contribution is -2.24. The van der Waals surface area contributed by atoms with Crippen LogP contribution in [0, 0.1) is 0 Å². The number of aromatic nitrogens is 1. The summed E-state index contributed by atoms with van der Waals surface area (Å²) in [5.74, 6) is -3.32. The number of primary amides is 1. The Bertz CT molecular complexity index is 1250. The Balaban J connectivity index is 2.44. The minimum atomic E-state index is -2.63. The molecule has 0 aliphatic rings. The van der Waals surface area contributed by atoms with Crippen LogP contribution in [-0.4, -0.2) is 35.9 Å². The molecule has 0 saturated carbocycles. The van der Waals surface area contributed by atoms with Crippen molar-refractivity contribution in [2.75, 3.05) is 13.7 Å². The van der Waals surface area contributed by atoms with Crippen LogP contribution in [0.1, 0.15) is 35.3 Å². The van der Waals surface area contributed by atoms with Crippen LogP contribution in [0.5, 0.6) is 5.75 Å². The normalized spacial score (nSPS) is 14.2. The fourth-order valence-corrected chi connectivity index (χ4v) is 2.98. The highest BCUT2D eigenvalue weighted by Crippen LogP contribution is 2.35. The molecule has 0 unspecified atom stereocenters. The largest absolute Gasteiger partial charge is 0.481 e. The van der Waals surface area contributed by atoms with E-state index in [-0.39, 0.29) is 33.5 Å². The van der Waals surface area contributed by atoms with Gasteiger partial charge in [-0.25, -0.2) is 4.79 Å². The first-order valence-electron chi connectivity index (χ1n) is 11.1. The Morgan fingerprint density at radius 2 is 1.90 bits per heavy atom. The zero-order valence-corrected chi connectivity index (χ0v) is 15.6. The molecular formula is C22H22N2O5. The first kappa shape index (κ1) is 14.4. The maximum absolute atomic E-state index is 12.9. The van der Waals surface area contributed by atoms with Crippen LogP contribution < -0.4 is 10.5 Å². The Hall–Kier alpha value is -3.61. The van der Waals surface area contributed by atoms with Crippen LogP contribution in [-0.2, 0) is 27.2 Å². The summed E-state index contributed by atoms with van der Waals surface area (Å²) < 4.78 is 52.2. The van der Waals surface area contributed by atoms with E-state index in [0.717, 1.165) is 11.7 Å². The predicted octanol–water partition coefficient (Wildman–Crippen LogP) is 2.47. The van der Waals surface area contributed by atoms with Gasteiger partial charge in [0.2, 0.25) is 0 Å². The summed E-state index contributed by atoms with van der Waals surface area (Å²) in [5, 5.41) is -0.0331. The Morgan fingerprint density at radius 1 is 1.14 bits per heavy atom. The number of carbonyl (C=O) groups excluding carboxylic acids is 3. The number of hydrogen-bond donors (Lipinski definition) is 1. The van der Waals surface area contributed by atoms with Gasteiger partial charge in [0.25, 0.3) is 11.7 Å². The van der Waals surface area contributed by atoms with E-state index >= 15 is 0 Å². The van der Waals surface area contributed by atoms with Crippen molar-refractivity contribution in [3.8, 4) is 5.75 Å². The van der Waals surface area contributed by atoms with Gasteiger partial charge < -0.3 is 19.8 Å². The minimum Gasteiger partial charge on any atom is -0.481 e. The number of benzene rings is 2. The third kappa shape index (κ3) is 3.99. The van der Waals surface area contributed by atoms with Gasteiger partial charge in [-0.15, -0.1) is 0 Å². The average Bonchev–Trinajstić information content (AvgIpc) is 3.10. The topological polar surface area (TPSA) is 101 Å². The molecule has 1 heterocycles. The number of rotatable bonds is 8. The molecule has 0 radical (unpaired) electrons. The van der Waals surface area contributed by atoms with E-state index in [2.05, 4.69) is 4.74 Å². The van der Waals surface area contributed by atoms with Gasteiger partial charge in [0.1, 0.15) is 5.75 Å². The third-order valence-corrected chi connectivity index (χ3v) is 4.26. The molecule has 29 heavy (non-hydrogen) atoms. The average molecular weight is 399 g/mol. The van der Waals surface area contributed by atoms with E-state index in [9.17, 15) is 14.4 Å². The number of Topliss-reactive ketones (excluding diaryl/α,β-unsaturated/α-hetero) is 1. The highest BCUT2D eigenvalue weighted by atomic mass is 16.6. The van der Waals surface area contributed by atoms with Gasteiger partial charge in [0.15, 0.2) is 6.61 Å². The number of carbonyl (C=O) groups is 3. The van der Waals surface area contributed by atoms with Crippen molar-refractivity contribution in [3.63, 3.8) is 0 Å². The molecule has 1 aromatic heterocycles. The van der Waals surface area contributed by atoms with Gasteiger partial charge in [0, 0.05) is 16.3 Å². The summed E-state index contributed by atoms with van der Waals surface area (Å²) in [5.41, 5.74) is 4.89. The lowest BCUT2D eigenvalue weighted by atomic mass is 10.0. The molecule has 0 aliphatic heterocycles. The maximum atomic E-state index is 12.9. The van der Waals surface area contributed by atoms with Gasteiger partial charge in [-0.1, -0.05) is 43.3 Å². The third-order valence-electron chi connectivity index (χ3n) is 4.26. The highest BCUT2D eigenvalue weighted by Gasteiger charge is 2.27. The monoisotopic (exact) mass is 399 g/mol. The molecule has 150 valence electrons. The number of esters is 1. The summed E-state index contributed by atoms with van der Waals surface area (Å²) in [4.78, 5) is 36.5. The smallest absolute Gasteiger partial charge is 0.343 e. The molecule has 7 nitrogen and oxygen atoms in total. The van der Waals surface area contributed by atoms with Gasteiger partial charge in [-0.05, 0) is 24.1 Å².